The number of benzene rings is 1. The van der Waals surface area contributed by atoms with E-state index in [1.807, 2.05) is 23.5 Å². The van der Waals surface area contributed by atoms with Crippen LogP contribution in [0.2, 0.25) is 0 Å². The summed E-state index contributed by atoms with van der Waals surface area (Å²) in [5.74, 6) is 2.40. The zero-order chi connectivity index (χ0) is 14.4. The maximum absolute atomic E-state index is 11.9. The van der Waals surface area contributed by atoms with Crippen LogP contribution in [0.5, 0.6) is 0 Å². The molecule has 4 nitrogen and oxygen atoms in total. The molecule has 1 aliphatic rings. The van der Waals surface area contributed by atoms with Crippen molar-refractivity contribution >= 4 is 35.4 Å². The predicted octanol–water partition coefficient (Wildman–Crippen LogP) is 1.89. The Morgan fingerprint density at radius 2 is 2.20 bits per heavy atom. The van der Waals surface area contributed by atoms with Crippen LogP contribution in [0.3, 0.4) is 0 Å². The number of amides is 1. The van der Waals surface area contributed by atoms with E-state index < -0.39 is 5.97 Å². The molecule has 1 aromatic rings. The molecule has 0 aromatic heterocycles. The first-order valence-electron chi connectivity index (χ1n) is 6.43. The number of hydrogen-bond donors (Lipinski definition) is 2. The Morgan fingerprint density at radius 1 is 1.35 bits per heavy atom. The number of carboxylic acid groups (broad SMARTS) is 1. The Kier molecular flexibility index (Phi) is 5.79. The third-order valence-electron chi connectivity index (χ3n) is 2.95. The van der Waals surface area contributed by atoms with Crippen LogP contribution in [0.15, 0.2) is 24.3 Å². The van der Waals surface area contributed by atoms with Crippen LogP contribution in [-0.4, -0.2) is 46.0 Å². The lowest BCUT2D eigenvalue weighted by atomic mass is 10.1. The Morgan fingerprint density at radius 3 is 2.90 bits per heavy atom. The highest BCUT2D eigenvalue weighted by molar-refractivity contribution is 8.06. The smallest absolute Gasteiger partial charge is 0.335 e. The lowest BCUT2D eigenvalue weighted by Gasteiger charge is -2.21. The van der Waals surface area contributed by atoms with Crippen molar-refractivity contribution in [3.8, 4) is 0 Å². The van der Waals surface area contributed by atoms with Gasteiger partial charge in [-0.15, -0.1) is 0 Å². The number of nitrogens with one attached hydrogen (secondary N) is 1. The monoisotopic (exact) mass is 311 g/mol. The van der Waals surface area contributed by atoms with Crippen LogP contribution in [-0.2, 0) is 11.2 Å². The van der Waals surface area contributed by atoms with Gasteiger partial charge in [0.25, 0.3) is 0 Å². The summed E-state index contributed by atoms with van der Waals surface area (Å²) in [6.45, 7) is 0.690. The van der Waals surface area contributed by atoms with E-state index in [1.165, 1.54) is 11.8 Å². The molecule has 20 heavy (non-hydrogen) atoms. The molecule has 1 aliphatic heterocycles. The van der Waals surface area contributed by atoms with Gasteiger partial charge in [-0.1, -0.05) is 12.1 Å². The summed E-state index contributed by atoms with van der Waals surface area (Å²) >= 11 is 3.83. The first-order chi connectivity index (χ1) is 9.65. The van der Waals surface area contributed by atoms with Crippen LogP contribution in [0.4, 0.5) is 0 Å². The van der Waals surface area contributed by atoms with E-state index in [0.29, 0.717) is 11.8 Å². The Hall–Kier alpha value is -1.14. The fraction of sp³-hybridized carbons (Fsp3) is 0.429. The van der Waals surface area contributed by atoms with Gasteiger partial charge < -0.3 is 10.4 Å². The highest BCUT2D eigenvalue weighted by atomic mass is 32.2. The van der Waals surface area contributed by atoms with Gasteiger partial charge in [0.05, 0.1) is 12.0 Å². The molecule has 0 bridgehead atoms. The standard InChI is InChI=1S/C14H17NO3S2/c16-13(15-8-12-9-19-4-5-20-12)7-10-2-1-3-11(6-10)14(17)18/h1-3,6,12H,4-5,7-9H2,(H,15,16)(H,17,18). The van der Waals surface area contributed by atoms with E-state index in [9.17, 15) is 9.59 Å². The second-order valence-corrected chi connectivity index (χ2v) is 7.11. The van der Waals surface area contributed by atoms with Crippen LogP contribution < -0.4 is 5.32 Å². The average Bonchev–Trinajstić information content (AvgIpc) is 2.46. The Bertz CT molecular complexity index is 487. The molecule has 1 amide bonds. The van der Waals surface area contributed by atoms with Gasteiger partial charge in [0.15, 0.2) is 0 Å². The molecule has 1 fully saturated rings. The summed E-state index contributed by atoms with van der Waals surface area (Å²) in [5, 5.41) is 12.3. The topological polar surface area (TPSA) is 66.4 Å². The zero-order valence-electron chi connectivity index (χ0n) is 11.0. The summed E-state index contributed by atoms with van der Waals surface area (Å²) in [6, 6.07) is 6.52. The lowest BCUT2D eigenvalue weighted by molar-refractivity contribution is -0.120. The van der Waals surface area contributed by atoms with Crippen molar-refractivity contribution in [1.82, 2.24) is 5.32 Å². The highest BCUT2D eigenvalue weighted by Crippen LogP contribution is 2.23. The largest absolute Gasteiger partial charge is 0.478 e. The molecule has 1 saturated heterocycles. The van der Waals surface area contributed by atoms with Gasteiger partial charge in [-0.3, -0.25) is 4.79 Å². The molecule has 1 heterocycles. The molecule has 0 aliphatic carbocycles. The van der Waals surface area contributed by atoms with Gasteiger partial charge >= 0.3 is 5.97 Å². The fourth-order valence-electron chi connectivity index (χ4n) is 1.94. The quantitative estimate of drug-likeness (QED) is 0.869. The van der Waals surface area contributed by atoms with Crippen molar-refractivity contribution in [3.05, 3.63) is 35.4 Å². The minimum Gasteiger partial charge on any atom is -0.478 e. The minimum atomic E-state index is -0.970. The average molecular weight is 311 g/mol. The van der Waals surface area contributed by atoms with E-state index in [0.717, 1.165) is 17.1 Å². The molecule has 6 heteroatoms. The van der Waals surface area contributed by atoms with E-state index in [2.05, 4.69) is 5.32 Å². The van der Waals surface area contributed by atoms with Crippen LogP contribution in [0.1, 0.15) is 15.9 Å². The molecule has 1 aromatic carbocycles. The number of carboxylic acids is 1. The molecule has 0 radical (unpaired) electrons. The second-order valence-electron chi connectivity index (χ2n) is 4.55. The van der Waals surface area contributed by atoms with E-state index >= 15 is 0 Å². The summed E-state index contributed by atoms with van der Waals surface area (Å²) in [5.41, 5.74) is 0.947. The third kappa shape index (κ3) is 4.76. The van der Waals surface area contributed by atoms with Crippen molar-refractivity contribution in [1.29, 1.82) is 0 Å². The number of carbonyl (C=O) groups excluding carboxylic acids is 1. The van der Waals surface area contributed by atoms with Crippen LogP contribution >= 0.6 is 23.5 Å². The first-order valence-corrected chi connectivity index (χ1v) is 8.64. The summed E-state index contributed by atoms with van der Waals surface area (Å²) in [6.07, 6.45) is 0.228. The predicted molar refractivity (Wildman–Crippen MR) is 83.7 cm³/mol. The van der Waals surface area contributed by atoms with Gasteiger partial charge in [-0.25, -0.2) is 4.79 Å². The van der Waals surface area contributed by atoms with Crippen molar-refractivity contribution < 1.29 is 14.7 Å². The molecule has 0 saturated carbocycles. The number of thioether (sulfide) groups is 2. The fourth-order valence-corrected chi connectivity index (χ4v) is 4.56. The maximum Gasteiger partial charge on any atom is 0.335 e. The summed E-state index contributed by atoms with van der Waals surface area (Å²) in [7, 11) is 0. The SMILES string of the molecule is O=C(Cc1cccc(C(=O)O)c1)NCC1CSCCS1. The summed E-state index contributed by atoms with van der Waals surface area (Å²) in [4.78, 5) is 22.7. The maximum atomic E-state index is 11.9. The number of hydrogen-bond acceptors (Lipinski definition) is 4. The number of rotatable bonds is 5. The minimum absolute atomic E-state index is 0.0521. The first kappa shape index (κ1) is 15.3. The number of carbonyl (C=O) groups is 2. The molecule has 1 atom stereocenters. The molecule has 2 N–H and O–H groups in total. The lowest BCUT2D eigenvalue weighted by Crippen LogP contribution is -2.34. The molecule has 0 spiro atoms. The van der Waals surface area contributed by atoms with Gasteiger partial charge in [0.2, 0.25) is 5.91 Å². The van der Waals surface area contributed by atoms with Gasteiger partial charge in [-0.2, -0.15) is 23.5 Å². The van der Waals surface area contributed by atoms with Gasteiger partial charge in [0.1, 0.15) is 0 Å². The van der Waals surface area contributed by atoms with Crippen LogP contribution in [0.25, 0.3) is 0 Å². The summed E-state index contributed by atoms with van der Waals surface area (Å²) < 4.78 is 0. The van der Waals surface area contributed by atoms with Crippen molar-refractivity contribution in [2.24, 2.45) is 0 Å². The second kappa shape index (κ2) is 7.59. The van der Waals surface area contributed by atoms with Gasteiger partial charge in [-0.05, 0) is 17.7 Å². The zero-order valence-corrected chi connectivity index (χ0v) is 12.6. The van der Waals surface area contributed by atoms with Crippen molar-refractivity contribution in [3.63, 3.8) is 0 Å². The Labute approximate surface area is 126 Å². The Balaban J connectivity index is 1.81. The molecule has 2 rings (SSSR count). The normalized spacial score (nSPS) is 18.5. The van der Waals surface area contributed by atoms with Crippen LogP contribution in [0, 0.1) is 0 Å². The molecule has 108 valence electrons. The molecular weight excluding hydrogens is 294 g/mol. The molecule has 1 unspecified atom stereocenters. The van der Waals surface area contributed by atoms with E-state index in [-0.39, 0.29) is 17.9 Å². The van der Waals surface area contributed by atoms with Gasteiger partial charge in [0, 0.05) is 29.1 Å². The van der Waals surface area contributed by atoms with Crippen molar-refractivity contribution in [2.45, 2.75) is 11.7 Å². The van der Waals surface area contributed by atoms with E-state index in [1.54, 1.807) is 18.2 Å². The third-order valence-corrected chi connectivity index (χ3v) is 5.80. The number of aromatic carboxylic acids is 1. The van der Waals surface area contributed by atoms with E-state index in [4.69, 9.17) is 5.11 Å². The van der Waals surface area contributed by atoms with Crippen molar-refractivity contribution in [2.75, 3.05) is 23.8 Å². The highest BCUT2D eigenvalue weighted by Gasteiger charge is 2.15. The molecular formula is C14H17NO3S2.